The van der Waals surface area contributed by atoms with Crippen molar-refractivity contribution in [2.75, 3.05) is 16.8 Å². The number of hydrogen-bond acceptors (Lipinski definition) is 5. The van der Waals surface area contributed by atoms with Crippen molar-refractivity contribution >= 4 is 39.3 Å². The van der Waals surface area contributed by atoms with Gasteiger partial charge in [0.1, 0.15) is 0 Å². The van der Waals surface area contributed by atoms with Crippen molar-refractivity contribution in [3.8, 4) is 0 Å². The summed E-state index contributed by atoms with van der Waals surface area (Å²) in [5, 5.41) is 13.5. The van der Waals surface area contributed by atoms with Crippen molar-refractivity contribution in [1.29, 1.82) is 0 Å². The van der Waals surface area contributed by atoms with Crippen LogP contribution in [0.3, 0.4) is 0 Å². The molecule has 0 radical (unpaired) electrons. The molecule has 1 amide bonds. The predicted octanol–water partition coefficient (Wildman–Crippen LogP) is 4.60. The van der Waals surface area contributed by atoms with Gasteiger partial charge in [-0.1, -0.05) is 29.5 Å². The van der Waals surface area contributed by atoms with Gasteiger partial charge in [0.25, 0.3) is 5.91 Å². The lowest BCUT2D eigenvalue weighted by molar-refractivity contribution is -0.380. The van der Waals surface area contributed by atoms with E-state index >= 15 is 0 Å². The summed E-state index contributed by atoms with van der Waals surface area (Å²) in [6.45, 7) is 0.934. The third kappa shape index (κ3) is 3.04. The fourth-order valence-electron chi connectivity index (χ4n) is 3.07. The van der Waals surface area contributed by atoms with Crippen molar-refractivity contribution in [3.05, 3.63) is 81.2 Å². The lowest BCUT2D eigenvalue weighted by atomic mass is 10.2. The third-order valence-electron chi connectivity index (χ3n) is 4.32. The zero-order chi connectivity index (χ0) is 18.1. The monoisotopic (exact) mass is 365 g/mol. The Kier molecular flexibility index (Phi) is 4.14. The molecule has 0 unspecified atom stereocenters. The molecule has 0 fully saturated rings. The molecule has 3 aromatic rings. The van der Waals surface area contributed by atoms with Gasteiger partial charge in [-0.25, -0.2) is 0 Å². The average molecular weight is 365 g/mol. The standard InChI is InChI=1S/C19H15N3O3S/c23-19(17-9-10-18(26-17)22(24)25)20-14-5-7-15(8-6-14)21-12-11-13-3-1-2-4-16(13)21/h1-10H,11-12H2,(H,20,23). The molecule has 4 rings (SSSR count). The fourth-order valence-corrected chi connectivity index (χ4v) is 3.79. The quantitative estimate of drug-likeness (QED) is 0.541. The number of para-hydroxylation sites is 1. The van der Waals surface area contributed by atoms with Gasteiger partial charge in [0, 0.05) is 29.7 Å². The van der Waals surface area contributed by atoms with Gasteiger partial charge in [-0.2, -0.15) is 0 Å². The van der Waals surface area contributed by atoms with Crippen molar-refractivity contribution in [2.45, 2.75) is 6.42 Å². The van der Waals surface area contributed by atoms with Crippen LogP contribution in [-0.2, 0) is 6.42 Å². The minimum Gasteiger partial charge on any atom is -0.341 e. The number of carbonyl (C=O) groups excluding carboxylic acids is 1. The molecule has 1 N–H and O–H groups in total. The van der Waals surface area contributed by atoms with Crippen molar-refractivity contribution in [3.63, 3.8) is 0 Å². The van der Waals surface area contributed by atoms with Crippen LogP contribution in [-0.4, -0.2) is 17.4 Å². The van der Waals surface area contributed by atoms with Crippen LogP contribution in [0.25, 0.3) is 0 Å². The molecule has 1 aromatic heterocycles. The lowest BCUT2D eigenvalue weighted by Crippen LogP contribution is -2.13. The molecule has 1 aliphatic heterocycles. The number of rotatable bonds is 4. The van der Waals surface area contributed by atoms with E-state index in [0.29, 0.717) is 10.6 Å². The fraction of sp³-hybridized carbons (Fsp3) is 0.105. The van der Waals surface area contributed by atoms with Gasteiger partial charge in [-0.3, -0.25) is 14.9 Å². The van der Waals surface area contributed by atoms with Crippen LogP contribution in [0.4, 0.5) is 22.1 Å². The van der Waals surface area contributed by atoms with Crippen LogP contribution in [0.5, 0.6) is 0 Å². The Balaban J connectivity index is 1.48. The Labute approximate surface area is 153 Å². The number of thiophene rings is 1. The second-order valence-electron chi connectivity index (χ2n) is 5.93. The average Bonchev–Trinajstić information content (AvgIpc) is 3.30. The van der Waals surface area contributed by atoms with E-state index in [9.17, 15) is 14.9 Å². The number of carbonyl (C=O) groups is 1. The molecule has 0 spiro atoms. The highest BCUT2D eigenvalue weighted by atomic mass is 32.1. The smallest absolute Gasteiger partial charge is 0.324 e. The molecule has 26 heavy (non-hydrogen) atoms. The number of nitro groups is 1. The number of nitrogens with zero attached hydrogens (tertiary/aromatic N) is 2. The summed E-state index contributed by atoms with van der Waals surface area (Å²) in [6.07, 6.45) is 1.02. The predicted molar refractivity (Wildman–Crippen MR) is 103 cm³/mol. The summed E-state index contributed by atoms with van der Waals surface area (Å²) in [6, 6.07) is 18.8. The van der Waals surface area contributed by atoms with Crippen LogP contribution in [0.1, 0.15) is 15.2 Å². The third-order valence-corrected chi connectivity index (χ3v) is 5.36. The first kappa shape index (κ1) is 16.3. The largest absolute Gasteiger partial charge is 0.341 e. The second-order valence-corrected chi connectivity index (χ2v) is 6.99. The maximum absolute atomic E-state index is 12.2. The van der Waals surface area contributed by atoms with E-state index in [4.69, 9.17) is 0 Å². The van der Waals surface area contributed by atoms with Crippen LogP contribution in [0, 0.1) is 10.1 Å². The van der Waals surface area contributed by atoms with Crippen molar-refractivity contribution < 1.29 is 9.72 Å². The number of hydrogen-bond donors (Lipinski definition) is 1. The molecule has 0 saturated heterocycles. The second kappa shape index (κ2) is 6.61. The number of nitrogens with one attached hydrogen (secondary N) is 1. The Morgan fingerprint density at radius 1 is 1.08 bits per heavy atom. The molecule has 2 heterocycles. The highest BCUT2D eigenvalue weighted by molar-refractivity contribution is 7.17. The first-order chi connectivity index (χ1) is 12.6. The minimum atomic E-state index is -0.496. The van der Waals surface area contributed by atoms with E-state index in [0.717, 1.165) is 30.0 Å². The molecule has 7 heteroatoms. The van der Waals surface area contributed by atoms with Crippen molar-refractivity contribution in [2.24, 2.45) is 0 Å². The van der Waals surface area contributed by atoms with E-state index in [1.807, 2.05) is 30.3 Å². The van der Waals surface area contributed by atoms with Gasteiger partial charge in [0.05, 0.1) is 9.80 Å². The molecule has 0 atom stereocenters. The van der Waals surface area contributed by atoms with Crippen LogP contribution >= 0.6 is 11.3 Å². The number of fused-ring (bicyclic) bond motifs is 1. The zero-order valence-corrected chi connectivity index (χ0v) is 14.5. The normalized spacial score (nSPS) is 12.7. The van der Waals surface area contributed by atoms with Crippen molar-refractivity contribution in [1.82, 2.24) is 0 Å². The SMILES string of the molecule is O=C(Nc1ccc(N2CCc3ccccc32)cc1)c1ccc([N+](=O)[O-])s1. The summed E-state index contributed by atoms with van der Waals surface area (Å²) in [5.74, 6) is -0.345. The van der Waals surface area contributed by atoms with E-state index < -0.39 is 4.92 Å². The summed E-state index contributed by atoms with van der Waals surface area (Å²) in [5.41, 5.74) is 4.28. The highest BCUT2D eigenvalue weighted by Gasteiger charge is 2.20. The topological polar surface area (TPSA) is 75.5 Å². The van der Waals surface area contributed by atoms with Gasteiger partial charge in [0.15, 0.2) is 0 Å². The number of amides is 1. The van der Waals surface area contributed by atoms with E-state index in [-0.39, 0.29) is 10.9 Å². The van der Waals surface area contributed by atoms with Gasteiger partial charge in [-0.05, 0) is 48.4 Å². The molecule has 0 aliphatic carbocycles. The van der Waals surface area contributed by atoms with E-state index in [1.165, 1.54) is 23.4 Å². The first-order valence-corrected chi connectivity index (χ1v) is 8.94. The molecule has 2 aromatic carbocycles. The van der Waals surface area contributed by atoms with Gasteiger partial charge in [-0.15, -0.1) is 0 Å². The lowest BCUT2D eigenvalue weighted by Gasteiger charge is -2.19. The van der Waals surface area contributed by atoms with E-state index in [2.05, 4.69) is 28.4 Å². The summed E-state index contributed by atoms with van der Waals surface area (Å²) >= 11 is 0.865. The molecule has 6 nitrogen and oxygen atoms in total. The van der Waals surface area contributed by atoms with Gasteiger partial charge in [0.2, 0.25) is 0 Å². The Morgan fingerprint density at radius 2 is 1.85 bits per heavy atom. The highest BCUT2D eigenvalue weighted by Crippen LogP contribution is 2.34. The van der Waals surface area contributed by atoms with Gasteiger partial charge >= 0.3 is 5.00 Å². The first-order valence-electron chi connectivity index (χ1n) is 8.13. The molecule has 1 aliphatic rings. The minimum absolute atomic E-state index is 0.0433. The van der Waals surface area contributed by atoms with E-state index in [1.54, 1.807) is 0 Å². The Hall–Kier alpha value is -3.19. The van der Waals surface area contributed by atoms with Crippen LogP contribution in [0.2, 0.25) is 0 Å². The summed E-state index contributed by atoms with van der Waals surface area (Å²) < 4.78 is 0. The Morgan fingerprint density at radius 3 is 2.58 bits per heavy atom. The Bertz CT molecular complexity index is 982. The summed E-state index contributed by atoms with van der Waals surface area (Å²) in [7, 11) is 0. The maximum atomic E-state index is 12.2. The number of benzene rings is 2. The van der Waals surface area contributed by atoms with Crippen LogP contribution < -0.4 is 10.2 Å². The molecule has 130 valence electrons. The molecule has 0 saturated carbocycles. The zero-order valence-electron chi connectivity index (χ0n) is 13.7. The van der Waals surface area contributed by atoms with Crippen LogP contribution in [0.15, 0.2) is 60.7 Å². The molecule has 0 bridgehead atoms. The van der Waals surface area contributed by atoms with Gasteiger partial charge < -0.3 is 10.2 Å². The number of anilines is 3. The molecular weight excluding hydrogens is 350 g/mol. The summed E-state index contributed by atoms with van der Waals surface area (Å²) in [4.78, 5) is 25.0. The maximum Gasteiger partial charge on any atom is 0.324 e. The molecular formula is C19H15N3O3S.